The highest BCUT2D eigenvalue weighted by molar-refractivity contribution is 5.84. The second kappa shape index (κ2) is 4.39. The molecule has 0 fully saturated rings. The number of rotatable bonds is 4. The summed E-state index contributed by atoms with van der Waals surface area (Å²) in [7, 11) is 3.27. The monoisotopic (exact) mass is 212 g/mol. The highest BCUT2D eigenvalue weighted by atomic mass is 16.5. The van der Waals surface area contributed by atoms with Gasteiger partial charge < -0.3 is 10.1 Å². The molecule has 6 nitrogen and oxygen atoms in total. The molecule has 0 aliphatic heterocycles. The average molecular weight is 212 g/mol. The van der Waals surface area contributed by atoms with Crippen molar-refractivity contribution in [2.24, 2.45) is 7.05 Å². The summed E-state index contributed by atoms with van der Waals surface area (Å²) in [4.78, 5) is 15.6. The molecule has 0 aliphatic carbocycles. The molecule has 15 heavy (non-hydrogen) atoms. The summed E-state index contributed by atoms with van der Waals surface area (Å²) < 4.78 is 6.62. The predicted octanol–water partition coefficient (Wildman–Crippen LogP) is -0.144. The van der Waals surface area contributed by atoms with Gasteiger partial charge in [0, 0.05) is 14.2 Å². The van der Waals surface area contributed by atoms with E-state index in [0.717, 1.165) is 0 Å². The molecule has 1 aromatic heterocycles. The molecule has 84 valence electrons. The Balaban J connectivity index is 2.47. The van der Waals surface area contributed by atoms with E-state index in [1.54, 1.807) is 31.9 Å². The summed E-state index contributed by atoms with van der Waals surface area (Å²) in [6, 6.07) is 0. The maximum absolute atomic E-state index is 11.6. The van der Waals surface area contributed by atoms with E-state index in [4.69, 9.17) is 4.74 Å². The zero-order valence-electron chi connectivity index (χ0n) is 9.44. The van der Waals surface area contributed by atoms with E-state index >= 15 is 0 Å². The summed E-state index contributed by atoms with van der Waals surface area (Å²) in [5, 5.41) is 6.74. The number of hydrogen-bond donors (Lipinski definition) is 1. The molecule has 0 spiro atoms. The zero-order chi connectivity index (χ0) is 11.5. The van der Waals surface area contributed by atoms with Gasteiger partial charge in [0.05, 0.1) is 6.54 Å². The SMILES string of the molecule is COC(C)(C)C(=O)NCc1ncn(C)n1. The lowest BCUT2D eigenvalue weighted by atomic mass is 10.1. The second-order valence-electron chi connectivity index (χ2n) is 3.73. The van der Waals surface area contributed by atoms with Gasteiger partial charge in [0.25, 0.3) is 5.91 Å². The number of carbonyl (C=O) groups is 1. The molecule has 0 aliphatic rings. The third-order valence-corrected chi connectivity index (χ3v) is 2.11. The first-order valence-corrected chi connectivity index (χ1v) is 4.63. The van der Waals surface area contributed by atoms with Crippen LogP contribution in [-0.2, 0) is 23.1 Å². The lowest BCUT2D eigenvalue weighted by Gasteiger charge is -2.21. The number of methoxy groups -OCH3 is 1. The topological polar surface area (TPSA) is 69.0 Å². The van der Waals surface area contributed by atoms with Crippen molar-refractivity contribution in [2.45, 2.75) is 26.0 Å². The minimum absolute atomic E-state index is 0.183. The van der Waals surface area contributed by atoms with Crippen molar-refractivity contribution < 1.29 is 9.53 Å². The lowest BCUT2D eigenvalue weighted by molar-refractivity contribution is -0.139. The highest BCUT2D eigenvalue weighted by Crippen LogP contribution is 2.06. The van der Waals surface area contributed by atoms with Crippen LogP contribution >= 0.6 is 0 Å². The molecule has 6 heteroatoms. The van der Waals surface area contributed by atoms with E-state index in [1.807, 2.05) is 0 Å². The number of amides is 1. The van der Waals surface area contributed by atoms with Crippen molar-refractivity contribution >= 4 is 5.91 Å². The van der Waals surface area contributed by atoms with Gasteiger partial charge in [-0.25, -0.2) is 4.98 Å². The fraction of sp³-hybridized carbons (Fsp3) is 0.667. The van der Waals surface area contributed by atoms with Gasteiger partial charge in [-0.15, -0.1) is 0 Å². The van der Waals surface area contributed by atoms with Gasteiger partial charge >= 0.3 is 0 Å². The van der Waals surface area contributed by atoms with E-state index in [9.17, 15) is 4.79 Å². The molecule has 0 radical (unpaired) electrons. The molecule has 1 aromatic rings. The molecule has 1 heterocycles. The van der Waals surface area contributed by atoms with Crippen LogP contribution in [0.4, 0.5) is 0 Å². The predicted molar refractivity (Wildman–Crippen MR) is 53.9 cm³/mol. The molecule has 1 amide bonds. The lowest BCUT2D eigenvalue weighted by Crippen LogP contribution is -2.43. The Bertz CT molecular complexity index is 346. The number of aryl methyl sites for hydroxylation is 1. The third kappa shape index (κ3) is 3.02. The molecule has 0 aromatic carbocycles. The molecule has 0 saturated heterocycles. The standard InChI is InChI=1S/C9H16N4O2/c1-9(2,15-4)8(14)10-5-7-11-6-13(3)12-7/h6H,5H2,1-4H3,(H,10,14). The van der Waals surface area contributed by atoms with Crippen molar-refractivity contribution in [2.75, 3.05) is 7.11 Å². The van der Waals surface area contributed by atoms with Crippen molar-refractivity contribution in [3.63, 3.8) is 0 Å². The van der Waals surface area contributed by atoms with Gasteiger partial charge in [-0.1, -0.05) is 0 Å². The minimum Gasteiger partial charge on any atom is -0.369 e. The van der Waals surface area contributed by atoms with Crippen LogP contribution < -0.4 is 5.32 Å². The quantitative estimate of drug-likeness (QED) is 0.754. The van der Waals surface area contributed by atoms with Crippen LogP contribution in [0.3, 0.4) is 0 Å². The zero-order valence-corrected chi connectivity index (χ0v) is 9.44. The van der Waals surface area contributed by atoms with Crippen LogP contribution in [0, 0.1) is 0 Å². The van der Waals surface area contributed by atoms with Crippen molar-refractivity contribution in [1.82, 2.24) is 20.1 Å². The Labute approximate surface area is 88.6 Å². The van der Waals surface area contributed by atoms with Crippen LogP contribution in [0.5, 0.6) is 0 Å². The van der Waals surface area contributed by atoms with Crippen molar-refractivity contribution in [1.29, 1.82) is 0 Å². The largest absolute Gasteiger partial charge is 0.369 e. The van der Waals surface area contributed by atoms with Crippen LogP contribution in [0.15, 0.2) is 6.33 Å². The van der Waals surface area contributed by atoms with E-state index in [2.05, 4.69) is 15.4 Å². The first-order chi connectivity index (χ1) is 6.95. The average Bonchev–Trinajstić information content (AvgIpc) is 2.60. The van der Waals surface area contributed by atoms with E-state index in [-0.39, 0.29) is 5.91 Å². The Hall–Kier alpha value is -1.43. The van der Waals surface area contributed by atoms with Crippen molar-refractivity contribution in [3.05, 3.63) is 12.2 Å². The van der Waals surface area contributed by atoms with Gasteiger partial charge in [-0.05, 0) is 13.8 Å². The highest BCUT2D eigenvalue weighted by Gasteiger charge is 2.26. The molecule has 0 bridgehead atoms. The number of carbonyl (C=O) groups excluding carboxylic acids is 1. The smallest absolute Gasteiger partial charge is 0.252 e. The summed E-state index contributed by atoms with van der Waals surface area (Å²) in [6.07, 6.45) is 1.59. The Morgan fingerprint density at radius 3 is 2.80 bits per heavy atom. The normalized spacial score (nSPS) is 11.5. The summed E-state index contributed by atoms with van der Waals surface area (Å²) >= 11 is 0. The summed E-state index contributed by atoms with van der Waals surface area (Å²) in [6.45, 7) is 3.72. The van der Waals surface area contributed by atoms with E-state index in [1.165, 1.54) is 7.11 Å². The number of nitrogens with zero attached hydrogens (tertiary/aromatic N) is 3. The maximum atomic E-state index is 11.6. The van der Waals surface area contributed by atoms with Crippen molar-refractivity contribution in [3.8, 4) is 0 Å². The first-order valence-electron chi connectivity index (χ1n) is 4.63. The van der Waals surface area contributed by atoms with Gasteiger partial charge in [0.1, 0.15) is 11.9 Å². The number of hydrogen-bond acceptors (Lipinski definition) is 4. The molecule has 1 rings (SSSR count). The van der Waals surface area contributed by atoms with Crippen LogP contribution in [0.25, 0.3) is 0 Å². The summed E-state index contributed by atoms with van der Waals surface area (Å²) in [5.41, 5.74) is -0.825. The van der Waals surface area contributed by atoms with Crippen LogP contribution in [-0.4, -0.2) is 33.4 Å². The first kappa shape index (κ1) is 11.6. The van der Waals surface area contributed by atoms with E-state index < -0.39 is 5.60 Å². The molecular weight excluding hydrogens is 196 g/mol. The molecule has 1 N–H and O–H groups in total. The Morgan fingerprint density at radius 1 is 1.67 bits per heavy atom. The van der Waals surface area contributed by atoms with Crippen LogP contribution in [0.1, 0.15) is 19.7 Å². The molecular formula is C9H16N4O2. The third-order valence-electron chi connectivity index (χ3n) is 2.11. The number of aromatic nitrogens is 3. The van der Waals surface area contributed by atoms with Gasteiger partial charge in [-0.3, -0.25) is 9.48 Å². The van der Waals surface area contributed by atoms with E-state index in [0.29, 0.717) is 12.4 Å². The Kier molecular flexibility index (Phi) is 3.41. The second-order valence-corrected chi connectivity index (χ2v) is 3.73. The maximum Gasteiger partial charge on any atom is 0.252 e. The van der Waals surface area contributed by atoms with Gasteiger partial charge in [-0.2, -0.15) is 5.10 Å². The fourth-order valence-corrected chi connectivity index (χ4v) is 0.930. The molecule has 0 atom stereocenters. The number of ether oxygens (including phenoxy) is 1. The molecule has 0 saturated carbocycles. The van der Waals surface area contributed by atoms with Gasteiger partial charge in [0.2, 0.25) is 0 Å². The number of nitrogens with one attached hydrogen (secondary N) is 1. The molecule has 0 unspecified atom stereocenters. The Morgan fingerprint density at radius 2 is 2.33 bits per heavy atom. The minimum atomic E-state index is -0.825. The van der Waals surface area contributed by atoms with Crippen LogP contribution in [0.2, 0.25) is 0 Å². The fourth-order valence-electron chi connectivity index (χ4n) is 0.930. The summed E-state index contributed by atoms with van der Waals surface area (Å²) in [5.74, 6) is 0.398. The van der Waals surface area contributed by atoms with Gasteiger partial charge in [0.15, 0.2) is 5.82 Å².